The standard InChI is InChI=1S/C12H12N4O4S/c1-7-14-8(6-20-7)5-13-21(18,19)9-2-3-10-11(4-9)16-12(17)15-10/h2-4,6,13H,5H2,1H3,(H2,15,16,17). The zero-order valence-electron chi connectivity index (χ0n) is 11.0. The number of nitrogens with one attached hydrogen (secondary N) is 3. The van der Waals surface area contributed by atoms with Crippen LogP contribution in [-0.4, -0.2) is 23.4 Å². The summed E-state index contributed by atoms with van der Waals surface area (Å²) in [6.45, 7) is 1.70. The van der Waals surface area contributed by atoms with Gasteiger partial charge < -0.3 is 14.4 Å². The summed E-state index contributed by atoms with van der Waals surface area (Å²) in [5, 5.41) is 0. The van der Waals surface area contributed by atoms with Crippen LogP contribution in [0.25, 0.3) is 11.0 Å². The van der Waals surface area contributed by atoms with Crippen LogP contribution in [-0.2, 0) is 16.6 Å². The Kier molecular flexibility index (Phi) is 3.15. The van der Waals surface area contributed by atoms with Crippen LogP contribution in [0.4, 0.5) is 0 Å². The lowest BCUT2D eigenvalue weighted by Gasteiger charge is -2.05. The first-order valence-electron chi connectivity index (χ1n) is 6.07. The van der Waals surface area contributed by atoms with Crippen LogP contribution in [0, 0.1) is 6.92 Å². The SMILES string of the molecule is Cc1nc(CNS(=O)(=O)c2ccc3[nH]c(=O)[nH]c3c2)co1. The van der Waals surface area contributed by atoms with E-state index in [-0.39, 0.29) is 17.1 Å². The number of aryl methyl sites for hydroxylation is 1. The van der Waals surface area contributed by atoms with Crippen molar-refractivity contribution in [3.05, 3.63) is 46.5 Å². The highest BCUT2D eigenvalue weighted by molar-refractivity contribution is 7.89. The fourth-order valence-electron chi connectivity index (χ4n) is 1.92. The molecule has 2 aromatic heterocycles. The van der Waals surface area contributed by atoms with E-state index in [4.69, 9.17) is 4.42 Å². The summed E-state index contributed by atoms with van der Waals surface area (Å²) in [4.78, 5) is 20.3. The predicted octanol–water partition coefficient (Wildman–Crippen LogP) is 0.631. The second-order valence-electron chi connectivity index (χ2n) is 4.47. The Morgan fingerprint density at radius 3 is 2.76 bits per heavy atom. The number of rotatable bonds is 4. The van der Waals surface area contributed by atoms with Gasteiger partial charge >= 0.3 is 5.69 Å². The topological polar surface area (TPSA) is 121 Å². The number of H-pyrrole nitrogens is 2. The quantitative estimate of drug-likeness (QED) is 0.653. The molecule has 3 N–H and O–H groups in total. The molecule has 0 unspecified atom stereocenters. The van der Waals surface area contributed by atoms with Gasteiger partial charge in [0, 0.05) is 6.92 Å². The molecule has 9 heteroatoms. The first-order chi connectivity index (χ1) is 9.94. The van der Waals surface area contributed by atoms with Crippen molar-refractivity contribution in [1.82, 2.24) is 19.7 Å². The second-order valence-corrected chi connectivity index (χ2v) is 6.24. The van der Waals surface area contributed by atoms with E-state index in [1.807, 2.05) is 0 Å². The number of imidazole rings is 1. The molecule has 110 valence electrons. The highest BCUT2D eigenvalue weighted by Gasteiger charge is 2.15. The molecule has 0 saturated heterocycles. The van der Waals surface area contributed by atoms with Crippen molar-refractivity contribution in [2.45, 2.75) is 18.4 Å². The zero-order chi connectivity index (χ0) is 15.0. The Bertz CT molecular complexity index is 951. The third-order valence-corrected chi connectivity index (χ3v) is 4.31. The summed E-state index contributed by atoms with van der Waals surface area (Å²) < 4.78 is 31.8. The van der Waals surface area contributed by atoms with E-state index in [1.54, 1.807) is 6.92 Å². The van der Waals surface area contributed by atoms with Crippen LogP contribution in [0.15, 0.2) is 38.6 Å². The molecule has 0 saturated carbocycles. The lowest BCUT2D eigenvalue weighted by molar-refractivity contribution is 0.520. The average Bonchev–Trinajstić information content (AvgIpc) is 3.00. The number of oxazole rings is 1. The number of aromatic amines is 2. The summed E-state index contributed by atoms with van der Waals surface area (Å²) in [5.74, 6) is 0.468. The summed E-state index contributed by atoms with van der Waals surface area (Å²) >= 11 is 0. The molecule has 0 atom stereocenters. The largest absolute Gasteiger partial charge is 0.449 e. The molecule has 3 rings (SSSR count). The van der Waals surface area contributed by atoms with Gasteiger partial charge in [-0.1, -0.05) is 0 Å². The normalized spacial score (nSPS) is 12.0. The molecule has 3 aromatic rings. The van der Waals surface area contributed by atoms with Gasteiger partial charge in [-0.3, -0.25) is 0 Å². The Morgan fingerprint density at radius 2 is 2.05 bits per heavy atom. The number of hydrogen-bond donors (Lipinski definition) is 3. The average molecular weight is 308 g/mol. The molecule has 0 fully saturated rings. The Labute approximate surface area is 119 Å². The number of sulfonamides is 1. The second kappa shape index (κ2) is 4.86. The fraction of sp³-hybridized carbons (Fsp3) is 0.167. The maximum absolute atomic E-state index is 12.2. The molecular weight excluding hydrogens is 296 g/mol. The maximum Gasteiger partial charge on any atom is 0.323 e. The van der Waals surface area contributed by atoms with Crippen LogP contribution in [0.5, 0.6) is 0 Å². The number of hydrogen-bond acceptors (Lipinski definition) is 5. The van der Waals surface area contributed by atoms with E-state index < -0.39 is 10.0 Å². The van der Waals surface area contributed by atoms with Crippen LogP contribution in [0.1, 0.15) is 11.6 Å². The van der Waals surface area contributed by atoms with Gasteiger partial charge in [-0.25, -0.2) is 22.9 Å². The van der Waals surface area contributed by atoms with Crippen molar-refractivity contribution in [3.8, 4) is 0 Å². The van der Waals surface area contributed by atoms with Gasteiger partial charge in [0.1, 0.15) is 6.26 Å². The molecular formula is C12H12N4O4S. The van der Waals surface area contributed by atoms with E-state index in [1.165, 1.54) is 24.5 Å². The summed E-state index contributed by atoms with van der Waals surface area (Å²) in [6, 6.07) is 4.34. The van der Waals surface area contributed by atoms with E-state index in [2.05, 4.69) is 19.7 Å². The minimum Gasteiger partial charge on any atom is -0.449 e. The lowest BCUT2D eigenvalue weighted by Crippen LogP contribution is -2.23. The molecule has 0 amide bonds. The van der Waals surface area contributed by atoms with E-state index >= 15 is 0 Å². The summed E-state index contributed by atoms with van der Waals surface area (Å²) in [6.07, 6.45) is 1.39. The number of nitrogens with zero attached hydrogens (tertiary/aromatic N) is 1. The highest BCUT2D eigenvalue weighted by Crippen LogP contribution is 2.15. The van der Waals surface area contributed by atoms with Crippen LogP contribution >= 0.6 is 0 Å². The highest BCUT2D eigenvalue weighted by atomic mass is 32.2. The molecule has 0 radical (unpaired) electrons. The number of benzene rings is 1. The Hall–Kier alpha value is -2.39. The summed E-state index contributed by atoms with van der Waals surface area (Å²) in [7, 11) is -3.70. The van der Waals surface area contributed by atoms with Gasteiger partial charge in [0.25, 0.3) is 0 Å². The van der Waals surface area contributed by atoms with Gasteiger partial charge in [-0.2, -0.15) is 0 Å². The molecule has 21 heavy (non-hydrogen) atoms. The molecule has 0 aliphatic carbocycles. The minimum absolute atomic E-state index is 0.0291. The zero-order valence-corrected chi connectivity index (χ0v) is 11.8. The van der Waals surface area contributed by atoms with Crippen molar-refractivity contribution in [2.75, 3.05) is 0 Å². The van der Waals surface area contributed by atoms with Crippen LogP contribution in [0.3, 0.4) is 0 Å². The first kappa shape index (κ1) is 13.6. The van der Waals surface area contributed by atoms with Crippen molar-refractivity contribution in [2.24, 2.45) is 0 Å². The molecule has 0 aliphatic heterocycles. The number of aromatic nitrogens is 3. The van der Waals surface area contributed by atoms with Crippen molar-refractivity contribution >= 4 is 21.1 Å². The molecule has 0 spiro atoms. The minimum atomic E-state index is -3.70. The number of fused-ring (bicyclic) bond motifs is 1. The molecule has 0 bridgehead atoms. The summed E-state index contributed by atoms with van der Waals surface area (Å²) in [5.41, 5.74) is 1.09. The molecule has 0 aliphatic rings. The van der Waals surface area contributed by atoms with E-state index in [0.29, 0.717) is 22.6 Å². The maximum atomic E-state index is 12.2. The molecule has 8 nitrogen and oxygen atoms in total. The molecule has 1 aromatic carbocycles. The Morgan fingerprint density at radius 1 is 1.29 bits per heavy atom. The van der Waals surface area contributed by atoms with Crippen molar-refractivity contribution < 1.29 is 12.8 Å². The Balaban J connectivity index is 1.86. The predicted molar refractivity (Wildman–Crippen MR) is 74.2 cm³/mol. The van der Waals surface area contributed by atoms with Gasteiger partial charge in [-0.05, 0) is 18.2 Å². The fourth-order valence-corrected chi connectivity index (χ4v) is 2.95. The molecule has 2 heterocycles. The van der Waals surface area contributed by atoms with Crippen LogP contribution < -0.4 is 10.4 Å². The van der Waals surface area contributed by atoms with Gasteiger partial charge in [-0.15, -0.1) is 0 Å². The monoisotopic (exact) mass is 308 g/mol. The van der Waals surface area contributed by atoms with Crippen LogP contribution in [0.2, 0.25) is 0 Å². The van der Waals surface area contributed by atoms with Gasteiger partial charge in [0.05, 0.1) is 28.2 Å². The third kappa shape index (κ3) is 2.73. The van der Waals surface area contributed by atoms with Gasteiger partial charge in [0.15, 0.2) is 5.89 Å². The van der Waals surface area contributed by atoms with Crippen molar-refractivity contribution in [1.29, 1.82) is 0 Å². The van der Waals surface area contributed by atoms with Gasteiger partial charge in [0.2, 0.25) is 10.0 Å². The van der Waals surface area contributed by atoms with E-state index in [9.17, 15) is 13.2 Å². The van der Waals surface area contributed by atoms with Crippen molar-refractivity contribution in [3.63, 3.8) is 0 Å². The first-order valence-corrected chi connectivity index (χ1v) is 7.55. The lowest BCUT2D eigenvalue weighted by atomic mass is 10.3. The smallest absolute Gasteiger partial charge is 0.323 e. The third-order valence-electron chi connectivity index (χ3n) is 2.91. The van der Waals surface area contributed by atoms with E-state index in [0.717, 1.165) is 0 Å².